The first-order valence-electron chi connectivity index (χ1n) is 10.5. The van der Waals surface area contributed by atoms with Gasteiger partial charge in [-0.1, -0.05) is 54.6 Å². The predicted molar refractivity (Wildman–Crippen MR) is 131 cm³/mol. The number of aromatic nitrogens is 1. The highest BCUT2D eigenvalue weighted by Gasteiger charge is 2.31. The lowest BCUT2D eigenvalue weighted by Gasteiger charge is -2.34. The molecule has 7 heteroatoms. The van der Waals surface area contributed by atoms with E-state index in [1.54, 1.807) is 11.1 Å². The van der Waals surface area contributed by atoms with Gasteiger partial charge in [0.15, 0.2) is 0 Å². The molecule has 1 unspecified atom stereocenters. The topological polar surface area (TPSA) is 54.5 Å². The van der Waals surface area contributed by atoms with Gasteiger partial charge in [0.05, 0.1) is 6.04 Å². The summed E-state index contributed by atoms with van der Waals surface area (Å²) in [6.45, 7) is 4.33. The Morgan fingerprint density at radius 1 is 1.00 bits per heavy atom. The van der Waals surface area contributed by atoms with Gasteiger partial charge >= 0.3 is 6.09 Å². The van der Waals surface area contributed by atoms with Gasteiger partial charge in [-0.25, -0.2) is 4.79 Å². The monoisotopic (exact) mass is 471 g/mol. The lowest BCUT2D eigenvalue weighted by molar-refractivity contribution is 0.0882. The molecule has 5 rings (SSSR count). The smallest absolute Gasteiger partial charge is 0.409 e. The fourth-order valence-electron chi connectivity index (χ4n) is 4.67. The number of rotatable bonds is 3. The second-order valence-corrected chi connectivity index (χ2v) is 7.93. The molecule has 32 heavy (non-hydrogen) atoms. The van der Waals surface area contributed by atoms with Crippen molar-refractivity contribution in [1.82, 2.24) is 15.2 Å². The lowest BCUT2D eigenvalue weighted by Crippen LogP contribution is -2.48. The zero-order chi connectivity index (χ0) is 20.5. The third-order valence-electron chi connectivity index (χ3n) is 6.19. The van der Waals surface area contributed by atoms with Crippen LogP contribution in [-0.4, -0.2) is 42.2 Å². The van der Waals surface area contributed by atoms with E-state index < -0.39 is 0 Å². The number of hydrogen-bond acceptors (Lipinski definition) is 4. The van der Waals surface area contributed by atoms with E-state index in [-0.39, 0.29) is 42.9 Å². The maximum atomic E-state index is 12.9. The molecule has 1 fully saturated rings. The number of amides is 1. The Morgan fingerprint density at radius 2 is 1.62 bits per heavy atom. The summed E-state index contributed by atoms with van der Waals surface area (Å²) in [6.07, 6.45) is 1.55. The molecule has 1 saturated heterocycles. The van der Waals surface area contributed by atoms with Crippen LogP contribution in [0.25, 0.3) is 11.1 Å². The number of fused-ring (bicyclic) bond motifs is 3. The summed E-state index contributed by atoms with van der Waals surface area (Å²) in [6, 6.07) is 20.9. The largest absolute Gasteiger partial charge is 0.448 e. The van der Waals surface area contributed by atoms with E-state index in [9.17, 15) is 4.79 Å². The second-order valence-electron chi connectivity index (χ2n) is 7.93. The summed E-state index contributed by atoms with van der Waals surface area (Å²) in [5.74, 6) is 0.0839. The lowest BCUT2D eigenvalue weighted by atomic mass is 9.98. The zero-order valence-corrected chi connectivity index (χ0v) is 19.5. The van der Waals surface area contributed by atoms with Crippen molar-refractivity contribution in [2.45, 2.75) is 18.9 Å². The minimum absolute atomic E-state index is 0. The van der Waals surface area contributed by atoms with Gasteiger partial charge in [0, 0.05) is 37.4 Å². The number of hydrogen-bond donors (Lipinski definition) is 1. The summed E-state index contributed by atoms with van der Waals surface area (Å²) in [5, 5.41) is 3.49. The molecule has 0 spiro atoms. The second kappa shape index (κ2) is 10.3. The van der Waals surface area contributed by atoms with Crippen molar-refractivity contribution in [3.63, 3.8) is 0 Å². The molecule has 1 N–H and O–H groups in total. The van der Waals surface area contributed by atoms with Crippen molar-refractivity contribution in [3.05, 3.63) is 89.2 Å². The number of nitrogens with one attached hydrogen (secondary N) is 1. The highest BCUT2D eigenvalue weighted by Crippen LogP contribution is 2.44. The Labute approximate surface area is 201 Å². The van der Waals surface area contributed by atoms with Crippen molar-refractivity contribution in [3.8, 4) is 11.1 Å². The van der Waals surface area contributed by atoms with Crippen molar-refractivity contribution in [2.24, 2.45) is 0 Å². The highest BCUT2D eigenvalue weighted by molar-refractivity contribution is 5.85. The Kier molecular flexibility index (Phi) is 7.77. The normalized spacial score (nSPS) is 16.9. The van der Waals surface area contributed by atoms with Gasteiger partial charge in [0.1, 0.15) is 6.61 Å². The average molecular weight is 472 g/mol. The molecule has 2 aliphatic rings. The zero-order valence-electron chi connectivity index (χ0n) is 17.9. The molecule has 1 amide bonds. The van der Waals surface area contributed by atoms with E-state index in [4.69, 9.17) is 4.74 Å². The van der Waals surface area contributed by atoms with Crippen molar-refractivity contribution >= 4 is 30.9 Å². The number of carbonyl (C=O) groups is 1. The number of benzene rings is 2. The van der Waals surface area contributed by atoms with Crippen LogP contribution in [0.2, 0.25) is 0 Å². The number of ether oxygens (including phenoxy) is 1. The van der Waals surface area contributed by atoms with Crippen molar-refractivity contribution in [1.29, 1.82) is 0 Å². The molecule has 1 atom stereocenters. The molecule has 1 aliphatic heterocycles. The fourth-order valence-corrected chi connectivity index (χ4v) is 4.67. The number of nitrogens with zero attached hydrogens (tertiary/aromatic N) is 2. The summed E-state index contributed by atoms with van der Waals surface area (Å²) >= 11 is 0. The van der Waals surface area contributed by atoms with Gasteiger partial charge < -0.3 is 15.0 Å². The number of halogens is 2. The Bertz CT molecular complexity index is 1050. The van der Waals surface area contributed by atoms with Gasteiger partial charge in [-0.3, -0.25) is 4.98 Å². The molecule has 5 nitrogen and oxygen atoms in total. The van der Waals surface area contributed by atoms with Crippen LogP contribution in [0, 0.1) is 6.92 Å². The van der Waals surface area contributed by atoms with E-state index in [0.717, 1.165) is 17.8 Å². The third kappa shape index (κ3) is 4.46. The molecule has 2 heterocycles. The summed E-state index contributed by atoms with van der Waals surface area (Å²) in [4.78, 5) is 19.1. The molecule has 0 bridgehead atoms. The summed E-state index contributed by atoms with van der Waals surface area (Å²) < 4.78 is 5.84. The number of piperazine rings is 1. The van der Waals surface area contributed by atoms with E-state index in [0.29, 0.717) is 19.7 Å². The van der Waals surface area contributed by atoms with Crippen LogP contribution in [0.4, 0.5) is 4.79 Å². The van der Waals surface area contributed by atoms with Crippen LogP contribution < -0.4 is 5.32 Å². The van der Waals surface area contributed by atoms with Crippen LogP contribution in [-0.2, 0) is 4.74 Å². The maximum Gasteiger partial charge on any atom is 0.409 e. The van der Waals surface area contributed by atoms with Crippen molar-refractivity contribution in [2.75, 3.05) is 26.2 Å². The molecular formula is C25H27Cl2N3O2. The first kappa shape index (κ1) is 24.1. The predicted octanol–water partition coefficient (Wildman–Crippen LogP) is 5.13. The fraction of sp³-hybridized carbons (Fsp3) is 0.280. The van der Waals surface area contributed by atoms with E-state index >= 15 is 0 Å². The Hall–Kier alpha value is -2.60. The SMILES string of the molecule is Cc1ncccc1C1CN(C(=O)OCC2c3ccccc3-c3ccccc32)CCN1.Cl.Cl. The molecule has 168 valence electrons. The van der Waals surface area contributed by atoms with E-state index in [1.807, 2.05) is 13.0 Å². The van der Waals surface area contributed by atoms with Gasteiger partial charge in [0.2, 0.25) is 0 Å². The quantitative estimate of drug-likeness (QED) is 0.575. The third-order valence-corrected chi connectivity index (χ3v) is 6.19. The average Bonchev–Trinajstić information content (AvgIpc) is 3.12. The molecular weight excluding hydrogens is 445 g/mol. The highest BCUT2D eigenvalue weighted by atomic mass is 35.5. The van der Waals surface area contributed by atoms with Gasteiger partial charge in [0.25, 0.3) is 0 Å². The van der Waals surface area contributed by atoms with E-state index in [2.05, 4.69) is 64.9 Å². The van der Waals surface area contributed by atoms with Crippen LogP contribution in [0.3, 0.4) is 0 Å². The van der Waals surface area contributed by atoms with Crippen LogP contribution in [0.5, 0.6) is 0 Å². The van der Waals surface area contributed by atoms with Gasteiger partial charge in [-0.05, 0) is 40.8 Å². The molecule has 3 aromatic rings. The Balaban J connectivity index is 0.00000144. The summed E-state index contributed by atoms with van der Waals surface area (Å²) in [7, 11) is 0. The first-order chi connectivity index (χ1) is 14.7. The van der Waals surface area contributed by atoms with Crippen LogP contribution >= 0.6 is 24.8 Å². The standard InChI is InChI=1S/C25H25N3O2.2ClH/c1-17-18(11-6-12-26-17)24-15-28(14-13-27-24)25(29)30-16-23-21-9-4-2-7-19(21)20-8-3-5-10-22(20)23;;/h2-12,23-24,27H,13-16H2,1H3;2*1H. The Morgan fingerprint density at radius 3 is 2.28 bits per heavy atom. The number of aryl methyl sites for hydroxylation is 1. The number of pyridine rings is 1. The first-order valence-corrected chi connectivity index (χ1v) is 10.5. The molecule has 0 saturated carbocycles. The minimum Gasteiger partial charge on any atom is -0.448 e. The van der Waals surface area contributed by atoms with Crippen LogP contribution in [0.1, 0.15) is 34.3 Å². The van der Waals surface area contributed by atoms with Crippen molar-refractivity contribution < 1.29 is 9.53 Å². The summed E-state index contributed by atoms with van der Waals surface area (Å²) in [5.41, 5.74) is 7.07. The van der Waals surface area contributed by atoms with Gasteiger partial charge in [-0.2, -0.15) is 0 Å². The van der Waals surface area contributed by atoms with E-state index in [1.165, 1.54) is 22.3 Å². The van der Waals surface area contributed by atoms with Crippen LogP contribution in [0.15, 0.2) is 66.9 Å². The van der Waals surface area contributed by atoms with Gasteiger partial charge in [-0.15, -0.1) is 24.8 Å². The minimum atomic E-state index is -0.245. The molecule has 1 aliphatic carbocycles. The molecule has 0 radical (unpaired) electrons. The molecule has 2 aromatic carbocycles. The molecule has 1 aromatic heterocycles. The maximum absolute atomic E-state index is 12.9. The number of carbonyl (C=O) groups excluding carboxylic acids is 1.